The predicted molar refractivity (Wildman–Crippen MR) is 52.2 cm³/mol. The maximum atomic E-state index is 10.9. The molecular formula is C5H12ClNO4S2. The van der Waals surface area contributed by atoms with Crippen LogP contribution < -0.4 is 4.72 Å². The van der Waals surface area contributed by atoms with Gasteiger partial charge < -0.3 is 0 Å². The molecule has 0 aliphatic rings. The van der Waals surface area contributed by atoms with Crippen LogP contribution in [0.1, 0.15) is 0 Å². The van der Waals surface area contributed by atoms with Crippen molar-refractivity contribution in [2.45, 2.75) is 0 Å². The summed E-state index contributed by atoms with van der Waals surface area (Å²) in [5.74, 6) is -0.402. The van der Waals surface area contributed by atoms with E-state index in [1.54, 1.807) is 0 Å². The standard InChI is InChI=1S/C5H12ClNO4S2/c1-12(8,9)5-3-7-13(10,11)4-2-6/h7H,2-5H2,1H3. The summed E-state index contributed by atoms with van der Waals surface area (Å²) in [6.07, 6.45) is 1.04. The first kappa shape index (κ1) is 13.2. The van der Waals surface area contributed by atoms with Gasteiger partial charge in [-0.25, -0.2) is 21.6 Å². The number of halogens is 1. The van der Waals surface area contributed by atoms with Crippen LogP contribution in [0.25, 0.3) is 0 Å². The Morgan fingerprint density at radius 3 is 2.08 bits per heavy atom. The zero-order chi connectivity index (χ0) is 10.5. The van der Waals surface area contributed by atoms with Crippen LogP contribution in [-0.2, 0) is 19.9 Å². The molecule has 80 valence electrons. The van der Waals surface area contributed by atoms with Crippen LogP contribution >= 0.6 is 11.6 Å². The predicted octanol–water partition coefficient (Wildman–Crippen LogP) is -0.811. The van der Waals surface area contributed by atoms with E-state index < -0.39 is 19.9 Å². The Labute approximate surface area is 83.4 Å². The minimum atomic E-state index is -3.40. The molecule has 0 aliphatic heterocycles. The van der Waals surface area contributed by atoms with Crippen molar-refractivity contribution in [2.24, 2.45) is 0 Å². The van der Waals surface area contributed by atoms with Crippen LogP contribution in [0.4, 0.5) is 0 Å². The van der Waals surface area contributed by atoms with E-state index in [1.165, 1.54) is 0 Å². The fraction of sp³-hybridized carbons (Fsp3) is 1.00. The molecule has 0 aliphatic carbocycles. The third-order valence-corrected chi connectivity index (χ3v) is 3.89. The average Bonchev–Trinajstić information content (AvgIpc) is 1.82. The number of sulfone groups is 1. The Hall–Kier alpha value is 0.150. The van der Waals surface area contributed by atoms with Gasteiger partial charge in [0.2, 0.25) is 10.0 Å². The molecule has 0 bridgehead atoms. The maximum absolute atomic E-state index is 10.9. The molecule has 0 heterocycles. The smallest absolute Gasteiger partial charge is 0.212 e. The van der Waals surface area contributed by atoms with Gasteiger partial charge in [0, 0.05) is 18.7 Å². The van der Waals surface area contributed by atoms with E-state index in [4.69, 9.17) is 11.6 Å². The van der Waals surface area contributed by atoms with Crippen LogP contribution in [0.3, 0.4) is 0 Å². The Morgan fingerprint density at radius 1 is 1.15 bits per heavy atom. The number of rotatable bonds is 6. The molecule has 0 aromatic carbocycles. The zero-order valence-corrected chi connectivity index (χ0v) is 9.54. The third-order valence-electron chi connectivity index (χ3n) is 1.14. The van der Waals surface area contributed by atoms with Gasteiger partial charge in [-0.1, -0.05) is 0 Å². The number of nitrogens with one attached hydrogen (secondary N) is 1. The lowest BCUT2D eigenvalue weighted by Crippen LogP contribution is -2.31. The van der Waals surface area contributed by atoms with Crippen LogP contribution in [0, 0.1) is 0 Å². The van der Waals surface area contributed by atoms with Crippen molar-refractivity contribution in [1.82, 2.24) is 4.72 Å². The van der Waals surface area contributed by atoms with Crippen LogP contribution in [0.5, 0.6) is 0 Å². The molecule has 8 heteroatoms. The van der Waals surface area contributed by atoms with Crippen LogP contribution in [0.2, 0.25) is 0 Å². The molecule has 0 saturated heterocycles. The Balaban J connectivity index is 3.91. The molecule has 0 spiro atoms. The van der Waals surface area contributed by atoms with Gasteiger partial charge in [0.15, 0.2) is 0 Å². The van der Waals surface area contributed by atoms with Gasteiger partial charge >= 0.3 is 0 Å². The van der Waals surface area contributed by atoms with Crippen molar-refractivity contribution in [3.05, 3.63) is 0 Å². The molecule has 0 unspecified atom stereocenters. The van der Waals surface area contributed by atoms with Gasteiger partial charge in [-0.2, -0.15) is 0 Å². The van der Waals surface area contributed by atoms with E-state index in [0.29, 0.717) is 0 Å². The lowest BCUT2D eigenvalue weighted by molar-refractivity contribution is 0.583. The summed E-state index contributed by atoms with van der Waals surface area (Å²) in [5.41, 5.74) is 0. The Bertz CT molecular complexity index is 334. The highest BCUT2D eigenvalue weighted by molar-refractivity contribution is 7.91. The van der Waals surface area contributed by atoms with Crippen molar-refractivity contribution in [3.63, 3.8) is 0 Å². The molecule has 0 aromatic rings. The summed E-state index contributed by atoms with van der Waals surface area (Å²) in [5, 5.41) is 0. The van der Waals surface area contributed by atoms with E-state index in [0.717, 1.165) is 6.26 Å². The number of sulfonamides is 1. The van der Waals surface area contributed by atoms with E-state index in [9.17, 15) is 16.8 Å². The average molecular weight is 250 g/mol. The summed E-state index contributed by atoms with van der Waals surface area (Å²) in [6, 6.07) is 0. The van der Waals surface area contributed by atoms with Gasteiger partial charge in [0.05, 0.1) is 11.5 Å². The van der Waals surface area contributed by atoms with Gasteiger partial charge in [-0.3, -0.25) is 0 Å². The molecule has 0 rings (SSSR count). The molecule has 0 amide bonds. The van der Waals surface area contributed by atoms with Crippen LogP contribution in [0.15, 0.2) is 0 Å². The second kappa shape index (κ2) is 5.14. The molecule has 0 atom stereocenters. The summed E-state index contributed by atoms with van der Waals surface area (Å²) in [4.78, 5) is 0. The summed E-state index contributed by atoms with van der Waals surface area (Å²) in [6.45, 7) is -0.0992. The first-order valence-electron chi connectivity index (χ1n) is 3.48. The van der Waals surface area contributed by atoms with Crippen molar-refractivity contribution >= 4 is 31.5 Å². The fourth-order valence-corrected chi connectivity index (χ4v) is 2.53. The second-order valence-corrected chi connectivity index (χ2v) is 7.10. The Kier molecular flexibility index (Phi) is 5.19. The van der Waals surface area contributed by atoms with Crippen molar-refractivity contribution < 1.29 is 16.8 Å². The molecule has 0 saturated carbocycles. The second-order valence-electron chi connectivity index (χ2n) is 2.53. The molecule has 1 N–H and O–H groups in total. The quantitative estimate of drug-likeness (QED) is 0.625. The fourth-order valence-electron chi connectivity index (χ4n) is 0.556. The molecular weight excluding hydrogens is 238 g/mol. The topological polar surface area (TPSA) is 80.3 Å². The van der Waals surface area contributed by atoms with E-state index >= 15 is 0 Å². The van der Waals surface area contributed by atoms with E-state index in [1.807, 2.05) is 0 Å². The third kappa shape index (κ3) is 8.48. The summed E-state index contributed by atoms with van der Waals surface area (Å²) in [7, 11) is -6.52. The molecule has 5 nitrogen and oxygen atoms in total. The maximum Gasteiger partial charge on any atom is 0.212 e. The SMILES string of the molecule is CS(=O)(=O)CCNS(=O)(=O)CCCl. The van der Waals surface area contributed by atoms with Crippen molar-refractivity contribution in [2.75, 3.05) is 30.2 Å². The Morgan fingerprint density at radius 2 is 1.69 bits per heavy atom. The molecule has 0 radical (unpaired) electrons. The van der Waals surface area contributed by atoms with Crippen LogP contribution in [-0.4, -0.2) is 47.0 Å². The minimum absolute atomic E-state index is 0.00575. The van der Waals surface area contributed by atoms with Gasteiger partial charge in [-0.05, 0) is 0 Å². The normalized spacial score (nSPS) is 13.1. The van der Waals surface area contributed by atoms with Gasteiger partial charge in [-0.15, -0.1) is 11.6 Å². The largest absolute Gasteiger partial charge is 0.229 e. The zero-order valence-electron chi connectivity index (χ0n) is 7.16. The number of hydrogen-bond acceptors (Lipinski definition) is 4. The highest BCUT2D eigenvalue weighted by Gasteiger charge is 2.09. The molecule has 13 heavy (non-hydrogen) atoms. The lowest BCUT2D eigenvalue weighted by atomic mass is 10.8. The molecule has 0 fully saturated rings. The highest BCUT2D eigenvalue weighted by Crippen LogP contribution is 1.87. The van der Waals surface area contributed by atoms with Crippen molar-refractivity contribution in [1.29, 1.82) is 0 Å². The summed E-state index contributed by atoms with van der Waals surface area (Å²) < 4.78 is 45.2. The van der Waals surface area contributed by atoms with E-state index in [-0.39, 0.29) is 23.9 Å². The minimum Gasteiger partial charge on any atom is -0.229 e. The highest BCUT2D eigenvalue weighted by atomic mass is 35.5. The molecule has 0 aromatic heterocycles. The summed E-state index contributed by atoms with van der Waals surface area (Å²) >= 11 is 5.22. The van der Waals surface area contributed by atoms with Gasteiger partial charge in [0.25, 0.3) is 0 Å². The monoisotopic (exact) mass is 249 g/mol. The number of alkyl halides is 1. The first-order valence-corrected chi connectivity index (χ1v) is 7.72. The first-order chi connectivity index (χ1) is 5.77. The lowest BCUT2D eigenvalue weighted by Gasteiger charge is -2.03. The van der Waals surface area contributed by atoms with Crippen molar-refractivity contribution in [3.8, 4) is 0 Å². The number of hydrogen-bond donors (Lipinski definition) is 1. The van der Waals surface area contributed by atoms with E-state index in [2.05, 4.69) is 4.72 Å². The van der Waals surface area contributed by atoms with Gasteiger partial charge in [0.1, 0.15) is 9.84 Å².